The lowest BCUT2D eigenvalue weighted by Gasteiger charge is -2.22. The van der Waals surface area contributed by atoms with Gasteiger partial charge in [-0.1, -0.05) is 6.07 Å². The molecule has 0 aromatic heterocycles. The van der Waals surface area contributed by atoms with Gasteiger partial charge in [0.05, 0.1) is 12.7 Å². The Morgan fingerprint density at radius 1 is 1.19 bits per heavy atom. The minimum atomic E-state index is -0.814. The highest BCUT2D eigenvalue weighted by atomic mass is 19.2. The Labute approximate surface area is 93.6 Å². The molecule has 2 rings (SSSR count). The van der Waals surface area contributed by atoms with Gasteiger partial charge < -0.3 is 10.1 Å². The van der Waals surface area contributed by atoms with Gasteiger partial charge >= 0.3 is 0 Å². The maximum absolute atomic E-state index is 12.9. The van der Waals surface area contributed by atoms with Crippen molar-refractivity contribution in [3.63, 3.8) is 0 Å². The summed E-state index contributed by atoms with van der Waals surface area (Å²) in [5.74, 6) is -1.63. The van der Waals surface area contributed by atoms with E-state index < -0.39 is 11.6 Å². The summed E-state index contributed by atoms with van der Waals surface area (Å²) in [6.07, 6.45) is 2.18. The molecule has 0 spiro atoms. The molecule has 0 aliphatic carbocycles. The van der Waals surface area contributed by atoms with E-state index in [2.05, 4.69) is 5.32 Å². The predicted molar refractivity (Wildman–Crippen MR) is 57.0 cm³/mol. The van der Waals surface area contributed by atoms with Gasteiger partial charge in [-0.25, -0.2) is 8.78 Å². The van der Waals surface area contributed by atoms with Gasteiger partial charge in [-0.2, -0.15) is 0 Å². The lowest BCUT2D eigenvalue weighted by Crippen LogP contribution is -2.32. The topological polar surface area (TPSA) is 21.3 Å². The van der Waals surface area contributed by atoms with Crippen LogP contribution in [0.3, 0.4) is 0 Å². The number of piperidine rings is 1. The first-order chi connectivity index (χ1) is 7.75. The Kier molecular flexibility index (Phi) is 3.85. The zero-order chi connectivity index (χ0) is 11.4. The highest BCUT2D eigenvalue weighted by molar-refractivity contribution is 5.16. The van der Waals surface area contributed by atoms with Crippen LogP contribution in [-0.2, 0) is 11.3 Å². The normalized spacial score (nSPS) is 17.6. The van der Waals surface area contributed by atoms with E-state index in [0.717, 1.165) is 32.0 Å². The van der Waals surface area contributed by atoms with Crippen molar-refractivity contribution in [3.8, 4) is 0 Å². The van der Waals surface area contributed by atoms with Gasteiger partial charge in [-0.3, -0.25) is 0 Å². The van der Waals surface area contributed by atoms with Crippen LogP contribution in [0.4, 0.5) is 8.78 Å². The largest absolute Gasteiger partial charge is 0.373 e. The quantitative estimate of drug-likeness (QED) is 0.855. The SMILES string of the molecule is Fc1ccc(COC2CCNCC2)cc1F. The van der Waals surface area contributed by atoms with Crippen molar-refractivity contribution in [1.82, 2.24) is 5.32 Å². The number of rotatable bonds is 3. The van der Waals surface area contributed by atoms with Gasteiger partial charge in [0, 0.05) is 0 Å². The number of nitrogens with one attached hydrogen (secondary N) is 1. The van der Waals surface area contributed by atoms with Crippen LogP contribution in [0.2, 0.25) is 0 Å². The number of hydrogen-bond acceptors (Lipinski definition) is 2. The van der Waals surface area contributed by atoms with E-state index in [-0.39, 0.29) is 6.10 Å². The van der Waals surface area contributed by atoms with Crippen LogP contribution < -0.4 is 5.32 Å². The number of hydrogen-bond donors (Lipinski definition) is 1. The van der Waals surface area contributed by atoms with Crippen molar-refractivity contribution in [1.29, 1.82) is 0 Å². The summed E-state index contributed by atoms with van der Waals surface area (Å²) < 4.78 is 31.2. The fraction of sp³-hybridized carbons (Fsp3) is 0.500. The summed E-state index contributed by atoms with van der Waals surface area (Å²) >= 11 is 0. The Morgan fingerprint density at radius 2 is 1.94 bits per heavy atom. The predicted octanol–water partition coefficient (Wildman–Crippen LogP) is 2.23. The van der Waals surface area contributed by atoms with E-state index in [1.807, 2.05) is 0 Å². The lowest BCUT2D eigenvalue weighted by atomic mass is 10.1. The summed E-state index contributed by atoms with van der Waals surface area (Å²) in [5, 5.41) is 3.24. The van der Waals surface area contributed by atoms with Gasteiger partial charge in [0.25, 0.3) is 0 Å². The molecule has 0 radical (unpaired) electrons. The van der Waals surface area contributed by atoms with E-state index in [0.29, 0.717) is 12.2 Å². The lowest BCUT2D eigenvalue weighted by molar-refractivity contribution is 0.0211. The van der Waals surface area contributed by atoms with Crippen molar-refractivity contribution in [2.24, 2.45) is 0 Å². The maximum atomic E-state index is 12.9. The van der Waals surface area contributed by atoms with Crippen LogP contribution in [0.1, 0.15) is 18.4 Å². The Bertz CT molecular complexity index is 351. The smallest absolute Gasteiger partial charge is 0.159 e. The molecule has 88 valence electrons. The molecule has 1 aromatic rings. The van der Waals surface area contributed by atoms with Gasteiger partial charge in [0.2, 0.25) is 0 Å². The van der Waals surface area contributed by atoms with E-state index >= 15 is 0 Å². The summed E-state index contributed by atoms with van der Waals surface area (Å²) in [5.41, 5.74) is 0.678. The van der Waals surface area contributed by atoms with Crippen LogP contribution in [0, 0.1) is 11.6 Å². The molecule has 16 heavy (non-hydrogen) atoms. The second-order valence-corrected chi connectivity index (χ2v) is 4.01. The molecule has 0 saturated carbocycles. The van der Waals surface area contributed by atoms with Crippen molar-refractivity contribution >= 4 is 0 Å². The van der Waals surface area contributed by atoms with Gasteiger partial charge in [-0.15, -0.1) is 0 Å². The molecule has 1 heterocycles. The minimum Gasteiger partial charge on any atom is -0.373 e. The molecule has 2 nitrogen and oxygen atoms in total. The van der Waals surface area contributed by atoms with Crippen molar-refractivity contribution in [2.45, 2.75) is 25.6 Å². The molecule has 4 heteroatoms. The van der Waals surface area contributed by atoms with E-state index in [9.17, 15) is 8.78 Å². The summed E-state index contributed by atoms with van der Waals surface area (Å²) in [6, 6.07) is 3.88. The summed E-state index contributed by atoms with van der Waals surface area (Å²) in [7, 11) is 0. The molecule has 0 unspecified atom stereocenters. The zero-order valence-electron chi connectivity index (χ0n) is 9.01. The van der Waals surface area contributed by atoms with Crippen molar-refractivity contribution < 1.29 is 13.5 Å². The number of benzene rings is 1. The standard InChI is InChI=1S/C12H15F2NO/c13-11-2-1-9(7-12(11)14)8-16-10-3-5-15-6-4-10/h1-2,7,10,15H,3-6,8H2. The van der Waals surface area contributed by atoms with Crippen LogP contribution in [0.15, 0.2) is 18.2 Å². The van der Waals surface area contributed by atoms with E-state index in [1.54, 1.807) is 6.07 Å². The third-order valence-electron chi connectivity index (χ3n) is 2.76. The monoisotopic (exact) mass is 227 g/mol. The molecule has 1 saturated heterocycles. The zero-order valence-corrected chi connectivity index (χ0v) is 9.01. The molecule has 1 aromatic carbocycles. The van der Waals surface area contributed by atoms with Crippen LogP contribution in [0.25, 0.3) is 0 Å². The number of halogens is 2. The fourth-order valence-corrected chi connectivity index (χ4v) is 1.81. The van der Waals surface area contributed by atoms with Crippen LogP contribution >= 0.6 is 0 Å². The van der Waals surface area contributed by atoms with Crippen LogP contribution in [0.5, 0.6) is 0 Å². The molecule has 0 amide bonds. The van der Waals surface area contributed by atoms with Crippen molar-refractivity contribution in [2.75, 3.05) is 13.1 Å². The average Bonchev–Trinajstić information content (AvgIpc) is 2.32. The third kappa shape index (κ3) is 3.00. The van der Waals surface area contributed by atoms with Crippen LogP contribution in [-0.4, -0.2) is 19.2 Å². The first-order valence-corrected chi connectivity index (χ1v) is 5.52. The Balaban J connectivity index is 1.86. The molecular formula is C12H15F2NO. The van der Waals surface area contributed by atoms with Gasteiger partial charge in [0.15, 0.2) is 11.6 Å². The molecule has 1 fully saturated rings. The molecular weight excluding hydrogens is 212 g/mol. The molecule has 1 aliphatic rings. The number of ether oxygens (including phenoxy) is 1. The van der Waals surface area contributed by atoms with Gasteiger partial charge in [0.1, 0.15) is 0 Å². The first-order valence-electron chi connectivity index (χ1n) is 5.52. The fourth-order valence-electron chi connectivity index (χ4n) is 1.81. The second-order valence-electron chi connectivity index (χ2n) is 4.01. The maximum Gasteiger partial charge on any atom is 0.159 e. The third-order valence-corrected chi connectivity index (χ3v) is 2.76. The molecule has 0 atom stereocenters. The Morgan fingerprint density at radius 3 is 2.62 bits per heavy atom. The van der Waals surface area contributed by atoms with Crippen molar-refractivity contribution in [3.05, 3.63) is 35.4 Å². The van der Waals surface area contributed by atoms with E-state index in [4.69, 9.17) is 4.74 Å². The first kappa shape index (κ1) is 11.5. The molecule has 1 N–H and O–H groups in total. The second kappa shape index (κ2) is 5.37. The highest BCUT2D eigenvalue weighted by Crippen LogP contribution is 2.13. The highest BCUT2D eigenvalue weighted by Gasteiger charge is 2.13. The summed E-state index contributed by atoms with van der Waals surface area (Å²) in [4.78, 5) is 0. The Hall–Kier alpha value is -1.00. The molecule has 1 aliphatic heterocycles. The van der Waals surface area contributed by atoms with Gasteiger partial charge in [-0.05, 0) is 43.6 Å². The average molecular weight is 227 g/mol. The van der Waals surface area contributed by atoms with E-state index in [1.165, 1.54) is 6.07 Å². The molecule has 0 bridgehead atoms. The minimum absolute atomic E-state index is 0.231. The summed E-state index contributed by atoms with van der Waals surface area (Å²) in [6.45, 7) is 2.27.